The van der Waals surface area contributed by atoms with Crippen molar-refractivity contribution in [2.24, 2.45) is 0 Å². The van der Waals surface area contributed by atoms with Gasteiger partial charge >= 0.3 is 0 Å². The van der Waals surface area contributed by atoms with Crippen molar-refractivity contribution in [2.75, 3.05) is 10.6 Å². The normalized spacial score (nSPS) is 15.2. The van der Waals surface area contributed by atoms with Crippen LogP contribution in [0.1, 0.15) is 87.1 Å². The van der Waals surface area contributed by atoms with E-state index in [1.54, 1.807) is 12.7 Å². The number of pyridine rings is 2. The van der Waals surface area contributed by atoms with Crippen LogP contribution in [-0.2, 0) is 32.7 Å². The lowest BCUT2D eigenvalue weighted by Gasteiger charge is -2.17. The summed E-state index contributed by atoms with van der Waals surface area (Å²) in [6.45, 7) is 4.29. The summed E-state index contributed by atoms with van der Waals surface area (Å²) in [6, 6.07) is 37.2. The number of carbonyl (C=O) groups excluding carboxylic acids is 1. The van der Waals surface area contributed by atoms with Crippen LogP contribution < -0.4 is 16.0 Å². The number of para-hydroxylation sites is 2. The molecule has 4 aromatic heterocycles. The zero-order valence-electron chi connectivity index (χ0n) is 33.8. The Morgan fingerprint density at radius 3 is 1.84 bits per heavy atom. The van der Waals surface area contributed by atoms with Gasteiger partial charge < -0.3 is 16.0 Å². The zero-order valence-corrected chi connectivity index (χ0v) is 33.8. The molecule has 0 bridgehead atoms. The summed E-state index contributed by atoms with van der Waals surface area (Å²) in [7, 11) is 0. The average molecular weight is 803 g/mol. The monoisotopic (exact) mass is 802 g/mol. The number of carbonyl (C=O) groups is 1. The smallest absolute Gasteiger partial charge is 0.150 e. The topological polar surface area (TPSA) is 134 Å². The number of fused-ring (bicyclic) bond motifs is 4. The molecule has 2 saturated carbocycles. The molecule has 4 aliphatic rings. The maximum Gasteiger partial charge on any atom is 0.150 e. The Labute approximate surface area is 354 Å². The third-order valence-corrected chi connectivity index (χ3v) is 11.7. The summed E-state index contributed by atoms with van der Waals surface area (Å²) < 4.78 is 0. The third kappa shape index (κ3) is 8.84. The summed E-state index contributed by atoms with van der Waals surface area (Å²) in [5.41, 5.74) is 13.5. The van der Waals surface area contributed by atoms with Crippen molar-refractivity contribution < 1.29 is 4.79 Å². The Hall–Kier alpha value is -6.95. The van der Waals surface area contributed by atoms with E-state index in [0.29, 0.717) is 5.92 Å². The number of hydrogen-bond donors (Lipinski definition) is 3. The second-order valence-corrected chi connectivity index (χ2v) is 16.1. The third-order valence-electron chi connectivity index (χ3n) is 11.7. The molecule has 0 atom stereocenters. The number of aldehydes is 1. The summed E-state index contributed by atoms with van der Waals surface area (Å²) in [5.74, 6) is 3.19. The molecule has 11 heteroatoms. The Bertz CT molecular complexity index is 2860. The molecule has 6 heterocycles. The molecule has 11 nitrogen and oxygen atoms in total. The van der Waals surface area contributed by atoms with E-state index in [2.05, 4.69) is 105 Å². The van der Waals surface area contributed by atoms with Crippen molar-refractivity contribution in [2.45, 2.75) is 70.2 Å². The maximum absolute atomic E-state index is 10.6. The lowest BCUT2D eigenvalue weighted by molar-refractivity contribution is 0.112. The number of anilines is 4. The standard InChI is InChI=1S/C25H23N5.C15H13N5.C10H10O/c1-3-7-21(17-9-10-17)19(6-1)13-30-14-22-24(15-30)27-16-28-25(22)29-20-11-18-5-2-4-8-23(18)26-12-20;1-2-4-13-10(3-1)5-11(6-17-13)20-15-12-7-16-8-14(12)18-9-19-15;11-7-9-3-1-2-4-10(9)8-5-6-8/h1-8,11-12,16-17H,9-10,13-15H2,(H,27,28,29);1-6,9,16H,7-8H2,(H,18,19,20);1-4,7-8H,5-6H2. The highest BCUT2D eigenvalue weighted by Gasteiger charge is 2.29. The molecule has 61 heavy (non-hydrogen) atoms. The fourth-order valence-electron chi connectivity index (χ4n) is 8.31. The van der Waals surface area contributed by atoms with Gasteiger partial charge in [-0.05, 0) is 78.5 Å². The molecule has 0 unspecified atom stereocenters. The average Bonchev–Trinajstić information content (AvgIpc) is 4.24. The van der Waals surface area contributed by atoms with Gasteiger partial charge in [-0.15, -0.1) is 0 Å². The molecular weight excluding hydrogens is 757 g/mol. The first-order valence-electron chi connectivity index (χ1n) is 21.1. The Morgan fingerprint density at radius 1 is 0.590 bits per heavy atom. The fraction of sp³-hybridized carbons (Fsp3) is 0.220. The maximum atomic E-state index is 10.6. The number of hydrogen-bond acceptors (Lipinski definition) is 11. The lowest BCUT2D eigenvalue weighted by atomic mass is 10.0. The van der Waals surface area contributed by atoms with E-state index in [1.165, 1.54) is 47.9 Å². The van der Waals surface area contributed by atoms with Crippen LogP contribution in [0.4, 0.5) is 23.0 Å². The highest BCUT2D eigenvalue weighted by atomic mass is 16.1. The van der Waals surface area contributed by atoms with Gasteiger partial charge in [-0.3, -0.25) is 19.7 Å². The first-order chi connectivity index (χ1) is 30.1. The fourth-order valence-corrected chi connectivity index (χ4v) is 8.31. The Kier molecular flexibility index (Phi) is 10.9. The first kappa shape index (κ1) is 38.3. The molecule has 12 rings (SSSR count). The van der Waals surface area contributed by atoms with E-state index in [9.17, 15) is 4.79 Å². The molecular formula is C50H46N10O. The van der Waals surface area contributed by atoms with E-state index in [0.717, 1.165) is 112 Å². The van der Waals surface area contributed by atoms with Crippen molar-refractivity contribution in [3.05, 3.63) is 179 Å². The molecule has 0 saturated heterocycles. The van der Waals surface area contributed by atoms with Crippen molar-refractivity contribution in [1.82, 2.24) is 40.1 Å². The van der Waals surface area contributed by atoms with Crippen LogP contribution >= 0.6 is 0 Å². The Morgan fingerprint density at radius 2 is 1.16 bits per heavy atom. The summed E-state index contributed by atoms with van der Waals surface area (Å²) in [4.78, 5) is 39.8. The van der Waals surface area contributed by atoms with Crippen LogP contribution in [0.25, 0.3) is 21.8 Å². The van der Waals surface area contributed by atoms with E-state index in [4.69, 9.17) is 0 Å². The molecule has 2 aliphatic heterocycles. The highest BCUT2D eigenvalue weighted by molar-refractivity contribution is 5.83. The molecule has 2 fully saturated rings. The highest BCUT2D eigenvalue weighted by Crippen LogP contribution is 2.43. The number of nitrogens with one attached hydrogen (secondary N) is 3. The summed E-state index contributed by atoms with van der Waals surface area (Å²) in [5, 5.41) is 12.3. The predicted octanol–water partition coefficient (Wildman–Crippen LogP) is 9.91. The van der Waals surface area contributed by atoms with E-state index in [1.807, 2.05) is 67.0 Å². The zero-order chi connectivity index (χ0) is 41.0. The van der Waals surface area contributed by atoms with Gasteiger partial charge in [0.1, 0.15) is 30.6 Å². The van der Waals surface area contributed by atoms with Gasteiger partial charge in [-0.1, -0.05) is 84.9 Å². The van der Waals surface area contributed by atoms with Crippen LogP contribution in [0.2, 0.25) is 0 Å². The van der Waals surface area contributed by atoms with Gasteiger partial charge in [0, 0.05) is 60.2 Å². The molecule has 3 N–H and O–H groups in total. The largest absolute Gasteiger partial charge is 0.339 e. The van der Waals surface area contributed by atoms with Gasteiger partial charge in [0.25, 0.3) is 0 Å². The molecule has 0 spiro atoms. The van der Waals surface area contributed by atoms with Crippen LogP contribution in [0.3, 0.4) is 0 Å². The number of benzene rings is 4. The summed E-state index contributed by atoms with van der Waals surface area (Å²) >= 11 is 0. The molecule has 302 valence electrons. The van der Waals surface area contributed by atoms with Gasteiger partial charge in [0.05, 0.1) is 46.2 Å². The minimum atomic E-state index is 0.677. The Balaban J connectivity index is 0.000000123. The number of aromatic nitrogens is 6. The molecule has 4 aromatic carbocycles. The van der Waals surface area contributed by atoms with Crippen molar-refractivity contribution in [3.63, 3.8) is 0 Å². The van der Waals surface area contributed by atoms with Gasteiger partial charge in [0.2, 0.25) is 0 Å². The van der Waals surface area contributed by atoms with Crippen molar-refractivity contribution in [3.8, 4) is 0 Å². The van der Waals surface area contributed by atoms with Crippen molar-refractivity contribution in [1.29, 1.82) is 0 Å². The van der Waals surface area contributed by atoms with Crippen LogP contribution in [0.15, 0.2) is 134 Å². The lowest BCUT2D eigenvalue weighted by Crippen LogP contribution is -2.17. The summed E-state index contributed by atoms with van der Waals surface area (Å²) in [6.07, 6.45) is 13.1. The van der Waals surface area contributed by atoms with Gasteiger partial charge in [-0.2, -0.15) is 0 Å². The van der Waals surface area contributed by atoms with Gasteiger partial charge in [-0.25, -0.2) is 19.9 Å². The second-order valence-electron chi connectivity index (χ2n) is 16.1. The van der Waals surface area contributed by atoms with E-state index < -0.39 is 0 Å². The van der Waals surface area contributed by atoms with E-state index >= 15 is 0 Å². The minimum absolute atomic E-state index is 0.677. The van der Waals surface area contributed by atoms with Gasteiger partial charge in [0.15, 0.2) is 0 Å². The molecule has 0 amide bonds. The number of nitrogens with zero attached hydrogens (tertiary/aromatic N) is 7. The quantitative estimate of drug-likeness (QED) is 0.120. The molecule has 0 radical (unpaired) electrons. The van der Waals surface area contributed by atoms with Crippen LogP contribution in [0.5, 0.6) is 0 Å². The predicted molar refractivity (Wildman–Crippen MR) is 240 cm³/mol. The molecule has 8 aromatic rings. The van der Waals surface area contributed by atoms with Crippen LogP contribution in [0, 0.1) is 0 Å². The van der Waals surface area contributed by atoms with Crippen LogP contribution in [-0.4, -0.2) is 41.1 Å². The minimum Gasteiger partial charge on any atom is -0.339 e. The number of rotatable bonds is 9. The SMILES string of the molecule is O=Cc1ccccc1C1CC1.c1ccc(C2CC2)c(CN2Cc3ncnc(Nc4cnc5ccccc5c4)c3C2)c1.c1ccc2ncc(Nc3ncnc4c3CNC4)cc2c1. The second kappa shape index (κ2) is 17.3. The first-order valence-corrected chi connectivity index (χ1v) is 21.1. The van der Waals surface area contributed by atoms with E-state index in [-0.39, 0.29) is 0 Å². The molecule has 2 aliphatic carbocycles. The van der Waals surface area contributed by atoms with Crippen molar-refractivity contribution >= 4 is 51.1 Å².